The van der Waals surface area contributed by atoms with Crippen molar-refractivity contribution in [2.75, 3.05) is 6.54 Å². The van der Waals surface area contributed by atoms with Crippen molar-refractivity contribution in [3.63, 3.8) is 0 Å². The Bertz CT molecular complexity index is 307. The SMILES string of the molecule is O=[N+]([O-])N1C=NC2=NN=CCN21. The van der Waals surface area contributed by atoms with Gasteiger partial charge in [0.1, 0.15) is 0 Å². The molecule has 62 valence electrons. The summed E-state index contributed by atoms with van der Waals surface area (Å²) in [4.78, 5) is 14.0. The van der Waals surface area contributed by atoms with Crippen LogP contribution in [0.2, 0.25) is 0 Å². The van der Waals surface area contributed by atoms with Crippen LogP contribution in [0.5, 0.6) is 0 Å². The number of nitrogens with zero attached hydrogens (tertiary/aromatic N) is 6. The van der Waals surface area contributed by atoms with Crippen LogP contribution in [-0.4, -0.2) is 40.2 Å². The quantitative estimate of drug-likeness (QED) is 0.374. The van der Waals surface area contributed by atoms with E-state index in [0.717, 1.165) is 11.5 Å². The van der Waals surface area contributed by atoms with Gasteiger partial charge < -0.3 is 0 Å². The van der Waals surface area contributed by atoms with E-state index in [1.54, 1.807) is 0 Å². The number of rotatable bonds is 1. The predicted octanol–water partition coefficient (Wildman–Crippen LogP) is -0.906. The van der Waals surface area contributed by atoms with Crippen LogP contribution in [0.15, 0.2) is 15.2 Å². The number of hydrazine groups is 2. The van der Waals surface area contributed by atoms with Gasteiger partial charge >= 0.3 is 0 Å². The number of hydrogen-bond donors (Lipinski definition) is 0. The van der Waals surface area contributed by atoms with Gasteiger partial charge in [0.25, 0.3) is 5.96 Å². The molecule has 8 nitrogen and oxygen atoms in total. The van der Waals surface area contributed by atoms with Crippen molar-refractivity contribution < 1.29 is 5.03 Å². The molecule has 2 aliphatic rings. The maximum Gasteiger partial charge on any atom is 0.270 e. The lowest BCUT2D eigenvalue weighted by Gasteiger charge is -2.18. The molecule has 2 aliphatic heterocycles. The fourth-order valence-corrected chi connectivity index (χ4v) is 0.903. The number of guanidine groups is 1. The van der Waals surface area contributed by atoms with E-state index in [0.29, 0.717) is 6.54 Å². The maximum atomic E-state index is 10.4. The lowest BCUT2D eigenvalue weighted by molar-refractivity contribution is -0.660. The molecule has 0 radical (unpaired) electrons. The first-order valence-corrected chi connectivity index (χ1v) is 3.14. The molecule has 0 saturated heterocycles. The topological polar surface area (TPSA) is 86.7 Å². The van der Waals surface area contributed by atoms with Gasteiger partial charge in [-0.05, 0) is 0 Å². The van der Waals surface area contributed by atoms with Gasteiger partial charge in [0.2, 0.25) is 0 Å². The minimum atomic E-state index is -0.578. The molecular formula is C4H4N6O2. The molecule has 0 atom stereocenters. The van der Waals surface area contributed by atoms with Crippen LogP contribution in [0, 0.1) is 10.1 Å². The highest BCUT2D eigenvalue weighted by molar-refractivity contribution is 5.94. The highest BCUT2D eigenvalue weighted by atomic mass is 16.7. The summed E-state index contributed by atoms with van der Waals surface area (Å²) in [5.74, 6) is 0.245. The highest BCUT2D eigenvalue weighted by Gasteiger charge is 2.31. The monoisotopic (exact) mass is 168 g/mol. The minimum Gasteiger partial charge on any atom is -0.233 e. The smallest absolute Gasteiger partial charge is 0.233 e. The average molecular weight is 168 g/mol. The Balaban J connectivity index is 2.26. The largest absolute Gasteiger partial charge is 0.270 e. The molecule has 0 aromatic rings. The summed E-state index contributed by atoms with van der Waals surface area (Å²) >= 11 is 0. The molecule has 0 aromatic carbocycles. The predicted molar refractivity (Wildman–Crippen MR) is 40.0 cm³/mol. The first-order chi connectivity index (χ1) is 5.79. The Kier molecular flexibility index (Phi) is 1.26. The van der Waals surface area contributed by atoms with Crippen LogP contribution in [0.1, 0.15) is 0 Å². The number of fused-ring (bicyclic) bond motifs is 1. The Hall–Kier alpha value is -1.99. The van der Waals surface area contributed by atoms with E-state index in [4.69, 9.17) is 0 Å². The third-order valence-corrected chi connectivity index (χ3v) is 1.41. The zero-order valence-electron chi connectivity index (χ0n) is 5.86. The first-order valence-electron chi connectivity index (χ1n) is 3.14. The molecule has 0 saturated carbocycles. The summed E-state index contributed by atoms with van der Waals surface area (Å²) in [5, 5.41) is 19.0. The molecule has 0 fully saturated rings. The Labute approximate surface area is 66.6 Å². The zero-order valence-corrected chi connectivity index (χ0v) is 5.86. The van der Waals surface area contributed by atoms with Crippen LogP contribution in [-0.2, 0) is 0 Å². The van der Waals surface area contributed by atoms with Gasteiger partial charge in [-0.25, -0.2) is 10.1 Å². The molecule has 0 bridgehead atoms. The maximum absolute atomic E-state index is 10.4. The van der Waals surface area contributed by atoms with Crippen molar-refractivity contribution in [3.8, 4) is 0 Å². The van der Waals surface area contributed by atoms with E-state index in [2.05, 4.69) is 15.2 Å². The van der Waals surface area contributed by atoms with E-state index in [9.17, 15) is 10.1 Å². The summed E-state index contributed by atoms with van der Waals surface area (Å²) in [6.07, 6.45) is 2.56. The Morgan fingerprint density at radius 3 is 3.25 bits per heavy atom. The van der Waals surface area contributed by atoms with E-state index >= 15 is 0 Å². The molecule has 2 rings (SSSR count). The van der Waals surface area contributed by atoms with Gasteiger partial charge in [-0.2, -0.15) is 15.1 Å². The van der Waals surface area contributed by atoms with Gasteiger partial charge in [0.05, 0.1) is 6.54 Å². The van der Waals surface area contributed by atoms with Crippen LogP contribution in [0.25, 0.3) is 0 Å². The summed E-state index contributed by atoms with van der Waals surface area (Å²) in [6.45, 7) is 0.319. The van der Waals surface area contributed by atoms with Gasteiger partial charge in [-0.3, -0.25) is 0 Å². The van der Waals surface area contributed by atoms with Crippen molar-refractivity contribution in [1.82, 2.24) is 10.1 Å². The number of nitro groups is 1. The standard InChI is InChI=1S/C4H4N6O2/c11-10(12)9-3-5-4-7-6-1-2-8(4)9/h1,3H,2H2. The lowest BCUT2D eigenvalue weighted by Crippen LogP contribution is -2.45. The highest BCUT2D eigenvalue weighted by Crippen LogP contribution is 2.08. The summed E-state index contributed by atoms with van der Waals surface area (Å²) in [7, 11) is 0. The van der Waals surface area contributed by atoms with E-state index in [-0.39, 0.29) is 5.96 Å². The van der Waals surface area contributed by atoms with Gasteiger partial charge in [0.15, 0.2) is 11.4 Å². The van der Waals surface area contributed by atoms with Gasteiger partial charge in [-0.15, -0.1) is 5.10 Å². The molecule has 0 unspecified atom stereocenters. The summed E-state index contributed by atoms with van der Waals surface area (Å²) in [5.41, 5.74) is 0. The van der Waals surface area contributed by atoms with E-state index in [1.165, 1.54) is 11.2 Å². The second-order valence-electron chi connectivity index (χ2n) is 2.08. The molecule has 0 aromatic heterocycles. The minimum absolute atomic E-state index is 0.245. The molecule has 8 heteroatoms. The third-order valence-electron chi connectivity index (χ3n) is 1.41. The van der Waals surface area contributed by atoms with Crippen molar-refractivity contribution in [3.05, 3.63) is 10.1 Å². The Morgan fingerprint density at radius 1 is 1.67 bits per heavy atom. The van der Waals surface area contributed by atoms with Crippen LogP contribution >= 0.6 is 0 Å². The molecule has 0 aliphatic carbocycles. The van der Waals surface area contributed by atoms with Gasteiger partial charge in [-0.1, -0.05) is 0 Å². The third kappa shape index (κ3) is 0.813. The molecule has 2 heterocycles. The van der Waals surface area contributed by atoms with Crippen molar-refractivity contribution in [2.45, 2.75) is 0 Å². The van der Waals surface area contributed by atoms with Crippen LogP contribution < -0.4 is 0 Å². The lowest BCUT2D eigenvalue weighted by atomic mass is 10.6. The molecule has 0 amide bonds. The molecular weight excluding hydrogens is 164 g/mol. The van der Waals surface area contributed by atoms with Crippen LogP contribution in [0.3, 0.4) is 0 Å². The van der Waals surface area contributed by atoms with Crippen LogP contribution in [0.4, 0.5) is 0 Å². The van der Waals surface area contributed by atoms with Crippen molar-refractivity contribution in [2.24, 2.45) is 15.2 Å². The zero-order chi connectivity index (χ0) is 8.55. The molecule has 0 spiro atoms. The van der Waals surface area contributed by atoms with Crippen molar-refractivity contribution in [1.29, 1.82) is 0 Å². The van der Waals surface area contributed by atoms with Gasteiger partial charge in [0, 0.05) is 11.3 Å². The van der Waals surface area contributed by atoms with E-state index < -0.39 is 5.03 Å². The normalized spacial score (nSPS) is 19.5. The molecule has 0 N–H and O–H groups in total. The van der Waals surface area contributed by atoms with Crippen molar-refractivity contribution >= 4 is 18.5 Å². The first kappa shape index (κ1) is 6.70. The second-order valence-corrected chi connectivity index (χ2v) is 2.08. The number of hydrogen-bond acceptors (Lipinski definition) is 6. The average Bonchev–Trinajstić information content (AvgIpc) is 2.47. The number of aliphatic imine (C=N–C) groups is 1. The Morgan fingerprint density at radius 2 is 2.50 bits per heavy atom. The molecule has 12 heavy (non-hydrogen) atoms. The fraction of sp³-hybridized carbons (Fsp3) is 0.250. The fourth-order valence-electron chi connectivity index (χ4n) is 0.903. The summed E-state index contributed by atoms with van der Waals surface area (Å²) < 4.78 is 0. The second kappa shape index (κ2) is 2.26. The summed E-state index contributed by atoms with van der Waals surface area (Å²) in [6, 6.07) is 0. The van der Waals surface area contributed by atoms with E-state index in [1.807, 2.05) is 0 Å².